The minimum Gasteiger partial charge on any atom is -0.396 e. The van der Waals surface area contributed by atoms with Crippen molar-refractivity contribution in [1.29, 1.82) is 0 Å². The lowest BCUT2D eigenvalue weighted by Gasteiger charge is -2.30. The molecule has 2 bridgehead atoms. The van der Waals surface area contributed by atoms with E-state index in [1.165, 1.54) is 25.1 Å². The van der Waals surface area contributed by atoms with Crippen molar-refractivity contribution in [3.8, 4) is 0 Å². The van der Waals surface area contributed by atoms with Gasteiger partial charge in [0.1, 0.15) is 5.82 Å². The summed E-state index contributed by atoms with van der Waals surface area (Å²) < 4.78 is 41.4. The van der Waals surface area contributed by atoms with E-state index in [9.17, 15) is 17.9 Å². The smallest absolute Gasteiger partial charge is 0.241 e. The molecule has 0 saturated heterocycles. The standard InChI is InChI=1S/C15H20FNO3S/c1-9-13(16)3-2-4-14(9)21(19,20)17-15-11-6-5-10(7-11)12(15)8-18/h2-4,10-12,15,17-18H,5-8H2,1H3. The zero-order chi connectivity index (χ0) is 15.2. The first-order valence-electron chi connectivity index (χ1n) is 7.32. The number of halogens is 1. The molecule has 2 N–H and O–H groups in total. The van der Waals surface area contributed by atoms with Crippen molar-refractivity contribution >= 4 is 10.0 Å². The lowest BCUT2D eigenvalue weighted by molar-refractivity contribution is 0.153. The van der Waals surface area contributed by atoms with Gasteiger partial charge in [0.15, 0.2) is 0 Å². The second-order valence-electron chi connectivity index (χ2n) is 6.19. The maximum absolute atomic E-state index is 13.6. The van der Waals surface area contributed by atoms with Crippen molar-refractivity contribution in [3.05, 3.63) is 29.6 Å². The molecule has 1 aromatic carbocycles. The maximum Gasteiger partial charge on any atom is 0.241 e. The van der Waals surface area contributed by atoms with Crippen LogP contribution < -0.4 is 4.72 Å². The number of aliphatic hydroxyl groups excluding tert-OH is 1. The molecule has 116 valence electrons. The van der Waals surface area contributed by atoms with E-state index in [1.54, 1.807) is 0 Å². The average Bonchev–Trinajstić information content (AvgIpc) is 3.02. The van der Waals surface area contributed by atoms with Gasteiger partial charge in [-0.15, -0.1) is 0 Å². The third kappa shape index (κ3) is 2.49. The molecule has 1 aromatic rings. The molecular formula is C15H20FNO3S. The molecule has 2 saturated carbocycles. The number of hydrogen-bond donors (Lipinski definition) is 2. The Balaban J connectivity index is 1.88. The van der Waals surface area contributed by atoms with Gasteiger partial charge in [0, 0.05) is 24.1 Å². The fourth-order valence-electron chi connectivity index (χ4n) is 3.98. The molecule has 0 aromatic heterocycles. The summed E-state index contributed by atoms with van der Waals surface area (Å²) in [4.78, 5) is -0.0121. The van der Waals surface area contributed by atoms with E-state index < -0.39 is 15.8 Å². The molecular weight excluding hydrogens is 293 g/mol. The number of nitrogens with one attached hydrogen (secondary N) is 1. The van der Waals surface area contributed by atoms with Gasteiger partial charge < -0.3 is 5.11 Å². The predicted molar refractivity (Wildman–Crippen MR) is 76.7 cm³/mol. The van der Waals surface area contributed by atoms with E-state index >= 15 is 0 Å². The third-order valence-electron chi connectivity index (χ3n) is 5.10. The zero-order valence-electron chi connectivity index (χ0n) is 11.9. The summed E-state index contributed by atoms with van der Waals surface area (Å²) in [6.07, 6.45) is 3.03. The maximum atomic E-state index is 13.6. The molecule has 0 spiro atoms. The van der Waals surface area contributed by atoms with E-state index in [-0.39, 0.29) is 34.9 Å². The van der Waals surface area contributed by atoms with Gasteiger partial charge in [0.25, 0.3) is 0 Å². The van der Waals surface area contributed by atoms with Gasteiger partial charge in [0.2, 0.25) is 10.0 Å². The third-order valence-corrected chi connectivity index (χ3v) is 6.70. The van der Waals surface area contributed by atoms with Crippen LogP contribution in [0.25, 0.3) is 0 Å². The Morgan fingerprint density at radius 2 is 2.05 bits per heavy atom. The Morgan fingerprint density at radius 3 is 2.76 bits per heavy atom. The van der Waals surface area contributed by atoms with Crippen LogP contribution in [0.4, 0.5) is 4.39 Å². The Hall–Kier alpha value is -0.980. The quantitative estimate of drug-likeness (QED) is 0.891. The van der Waals surface area contributed by atoms with Gasteiger partial charge in [-0.3, -0.25) is 0 Å². The van der Waals surface area contributed by atoms with E-state index in [0.29, 0.717) is 5.92 Å². The molecule has 6 heteroatoms. The molecule has 4 unspecified atom stereocenters. The summed E-state index contributed by atoms with van der Waals surface area (Å²) in [7, 11) is -3.76. The van der Waals surface area contributed by atoms with Gasteiger partial charge in [-0.25, -0.2) is 17.5 Å². The fraction of sp³-hybridized carbons (Fsp3) is 0.600. The monoisotopic (exact) mass is 313 g/mol. The van der Waals surface area contributed by atoms with Crippen molar-refractivity contribution in [2.45, 2.75) is 37.1 Å². The second kappa shape index (κ2) is 5.34. The summed E-state index contributed by atoms with van der Waals surface area (Å²) in [5.41, 5.74) is 0.133. The molecule has 21 heavy (non-hydrogen) atoms. The van der Waals surface area contributed by atoms with Crippen LogP contribution in [0, 0.1) is 30.5 Å². The molecule has 2 aliphatic carbocycles. The average molecular weight is 313 g/mol. The zero-order valence-corrected chi connectivity index (χ0v) is 12.7. The molecule has 0 aliphatic heterocycles. The Morgan fingerprint density at radius 1 is 1.33 bits per heavy atom. The number of hydrogen-bond acceptors (Lipinski definition) is 3. The molecule has 0 amide bonds. The number of aliphatic hydroxyl groups is 1. The summed E-state index contributed by atoms with van der Waals surface area (Å²) in [6.45, 7) is 1.46. The van der Waals surface area contributed by atoms with Crippen molar-refractivity contribution in [1.82, 2.24) is 4.72 Å². The summed E-state index contributed by atoms with van der Waals surface area (Å²) in [5.74, 6) is 0.147. The minimum absolute atomic E-state index is 0.00349. The van der Waals surface area contributed by atoms with Crippen molar-refractivity contribution in [2.24, 2.45) is 17.8 Å². The largest absolute Gasteiger partial charge is 0.396 e. The highest BCUT2D eigenvalue weighted by molar-refractivity contribution is 7.89. The van der Waals surface area contributed by atoms with Crippen LogP contribution in [0.5, 0.6) is 0 Å². The number of rotatable bonds is 4. The van der Waals surface area contributed by atoms with Crippen LogP contribution in [0.3, 0.4) is 0 Å². The molecule has 0 radical (unpaired) electrons. The highest BCUT2D eigenvalue weighted by Crippen LogP contribution is 2.48. The Bertz CT molecular complexity index is 646. The van der Waals surface area contributed by atoms with Crippen LogP contribution in [0.2, 0.25) is 0 Å². The SMILES string of the molecule is Cc1c(F)cccc1S(=O)(=O)NC1C2CCC(C2)C1CO. The minimum atomic E-state index is -3.76. The van der Waals surface area contributed by atoms with E-state index in [1.807, 2.05) is 0 Å². The van der Waals surface area contributed by atoms with Crippen molar-refractivity contribution in [3.63, 3.8) is 0 Å². The molecule has 2 fully saturated rings. The molecule has 0 heterocycles. The van der Waals surface area contributed by atoms with E-state index in [4.69, 9.17) is 0 Å². The first kappa shape index (κ1) is 14.9. The fourth-order valence-corrected chi connectivity index (χ4v) is 5.59. The summed E-state index contributed by atoms with van der Waals surface area (Å²) in [5, 5.41) is 9.53. The van der Waals surface area contributed by atoms with Crippen molar-refractivity contribution < 1.29 is 17.9 Å². The van der Waals surface area contributed by atoms with Gasteiger partial charge in [-0.2, -0.15) is 0 Å². The van der Waals surface area contributed by atoms with Crippen molar-refractivity contribution in [2.75, 3.05) is 6.61 Å². The number of benzene rings is 1. The van der Waals surface area contributed by atoms with Crippen LogP contribution in [0.15, 0.2) is 23.1 Å². The molecule has 4 atom stereocenters. The van der Waals surface area contributed by atoms with E-state index in [0.717, 1.165) is 19.3 Å². The lowest BCUT2D eigenvalue weighted by Crippen LogP contribution is -2.45. The van der Waals surface area contributed by atoms with Gasteiger partial charge in [-0.1, -0.05) is 6.07 Å². The van der Waals surface area contributed by atoms with Crippen LogP contribution in [-0.4, -0.2) is 26.2 Å². The first-order valence-corrected chi connectivity index (χ1v) is 8.80. The first-order chi connectivity index (χ1) is 9.94. The summed E-state index contributed by atoms with van der Waals surface area (Å²) >= 11 is 0. The van der Waals surface area contributed by atoms with Gasteiger partial charge in [0.05, 0.1) is 4.90 Å². The van der Waals surface area contributed by atoms with Gasteiger partial charge in [-0.05, 0) is 50.2 Å². The number of sulfonamides is 1. The normalized spacial score (nSPS) is 31.8. The topological polar surface area (TPSA) is 66.4 Å². The Labute approximate surface area is 124 Å². The molecule has 4 nitrogen and oxygen atoms in total. The van der Waals surface area contributed by atoms with Gasteiger partial charge >= 0.3 is 0 Å². The van der Waals surface area contributed by atoms with Crippen LogP contribution in [0.1, 0.15) is 24.8 Å². The van der Waals surface area contributed by atoms with Crippen LogP contribution >= 0.6 is 0 Å². The predicted octanol–water partition coefficient (Wildman–Crippen LogP) is 1.82. The molecule has 3 rings (SSSR count). The van der Waals surface area contributed by atoms with E-state index in [2.05, 4.69) is 4.72 Å². The highest BCUT2D eigenvalue weighted by Gasteiger charge is 2.48. The number of fused-ring (bicyclic) bond motifs is 2. The highest BCUT2D eigenvalue weighted by atomic mass is 32.2. The second-order valence-corrected chi connectivity index (χ2v) is 7.87. The molecule has 2 aliphatic rings. The lowest BCUT2D eigenvalue weighted by atomic mass is 9.86. The summed E-state index contributed by atoms with van der Waals surface area (Å²) in [6, 6.07) is 3.84. The van der Waals surface area contributed by atoms with Crippen LogP contribution in [-0.2, 0) is 10.0 Å². The Kier molecular flexibility index (Phi) is 3.80.